The van der Waals surface area contributed by atoms with Crippen LogP contribution in [0.5, 0.6) is 0 Å². The molecule has 0 bridgehead atoms. The van der Waals surface area contributed by atoms with E-state index in [1.165, 1.54) is 12.1 Å². The summed E-state index contributed by atoms with van der Waals surface area (Å²) in [6.07, 6.45) is 0. The van der Waals surface area contributed by atoms with Crippen LogP contribution in [0.3, 0.4) is 0 Å². The van der Waals surface area contributed by atoms with Crippen molar-refractivity contribution in [1.29, 1.82) is 0 Å². The van der Waals surface area contributed by atoms with Gasteiger partial charge in [0.1, 0.15) is 12.4 Å². The van der Waals surface area contributed by atoms with Crippen molar-refractivity contribution < 1.29 is 23.5 Å². The van der Waals surface area contributed by atoms with Crippen molar-refractivity contribution in [3.63, 3.8) is 0 Å². The van der Waals surface area contributed by atoms with E-state index in [2.05, 4.69) is 10.6 Å². The van der Waals surface area contributed by atoms with E-state index < -0.39 is 36.8 Å². The molecule has 2 rings (SSSR count). The third-order valence-electron chi connectivity index (χ3n) is 3.20. The van der Waals surface area contributed by atoms with Crippen LogP contribution >= 0.6 is 0 Å². The van der Waals surface area contributed by atoms with Gasteiger partial charge in [-0.1, -0.05) is 17.7 Å². The fourth-order valence-corrected chi connectivity index (χ4v) is 1.89. The van der Waals surface area contributed by atoms with E-state index in [4.69, 9.17) is 4.74 Å². The molecule has 0 aromatic heterocycles. The molecule has 0 aliphatic heterocycles. The van der Waals surface area contributed by atoms with Crippen molar-refractivity contribution in [3.8, 4) is 0 Å². The molecule has 0 heterocycles. The zero-order chi connectivity index (χ0) is 18.2. The number of aryl methyl sites for hydroxylation is 1. The second kappa shape index (κ2) is 8.58. The molecule has 2 amide bonds. The van der Waals surface area contributed by atoms with Gasteiger partial charge < -0.3 is 15.4 Å². The number of nitrogens with one attached hydrogen (secondary N) is 2. The maximum atomic E-state index is 12.8. The Morgan fingerprint density at radius 1 is 1.00 bits per heavy atom. The van der Waals surface area contributed by atoms with Gasteiger partial charge in [-0.15, -0.1) is 0 Å². The van der Waals surface area contributed by atoms with Gasteiger partial charge in [-0.2, -0.15) is 0 Å². The smallest absolute Gasteiger partial charge is 0.325 e. The Kier molecular flexibility index (Phi) is 6.22. The highest BCUT2D eigenvalue weighted by molar-refractivity contribution is 5.96. The van der Waals surface area contributed by atoms with Gasteiger partial charge in [0.05, 0.1) is 0 Å². The molecular formula is C18H17FN2O4. The highest BCUT2D eigenvalue weighted by atomic mass is 19.1. The minimum absolute atomic E-state index is 0.214. The van der Waals surface area contributed by atoms with E-state index in [1.54, 1.807) is 12.1 Å². The van der Waals surface area contributed by atoms with Gasteiger partial charge in [0.25, 0.3) is 11.8 Å². The van der Waals surface area contributed by atoms with Crippen molar-refractivity contribution in [3.05, 3.63) is 65.5 Å². The molecule has 0 atom stereocenters. The minimum atomic E-state index is -0.755. The van der Waals surface area contributed by atoms with E-state index >= 15 is 0 Å². The molecule has 2 aromatic carbocycles. The standard InChI is InChI=1S/C18H17FN2O4/c1-12-2-8-15(9-3-12)21-16(22)11-25-17(23)10-20-18(24)13-4-6-14(19)7-5-13/h2-9H,10-11H2,1H3,(H,20,24)(H,21,22). The molecule has 2 N–H and O–H groups in total. The summed E-state index contributed by atoms with van der Waals surface area (Å²) < 4.78 is 17.6. The fraction of sp³-hybridized carbons (Fsp3) is 0.167. The first-order chi connectivity index (χ1) is 11.9. The van der Waals surface area contributed by atoms with Gasteiger partial charge in [-0.25, -0.2) is 4.39 Å². The number of carbonyl (C=O) groups excluding carboxylic acids is 3. The summed E-state index contributed by atoms with van der Waals surface area (Å²) in [4.78, 5) is 35.0. The number of rotatable bonds is 6. The number of hydrogen-bond acceptors (Lipinski definition) is 4. The van der Waals surface area contributed by atoms with Crippen molar-refractivity contribution in [2.24, 2.45) is 0 Å². The monoisotopic (exact) mass is 344 g/mol. The number of ether oxygens (including phenoxy) is 1. The normalized spacial score (nSPS) is 10.0. The Morgan fingerprint density at radius 2 is 1.64 bits per heavy atom. The topological polar surface area (TPSA) is 84.5 Å². The molecule has 6 nitrogen and oxygen atoms in total. The quantitative estimate of drug-likeness (QED) is 0.786. The van der Waals surface area contributed by atoms with Crippen LogP contribution in [0.25, 0.3) is 0 Å². The largest absolute Gasteiger partial charge is 0.454 e. The molecule has 0 aliphatic carbocycles. The molecular weight excluding hydrogens is 327 g/mol. The molecule has 0 radical (unpaired) electrons. The lowest BCUT2D eigenvalue weighted by Gasteiger charge is -2.08. The number of anilines is 1. The van der Waals surface area contributed by atoms with Crippen molar-refractivity contribution in [2.75, 3.05) is 18.5 Å². The van der Waals surface area contributed by atoms with Gasteiger partial charge in [0.2, 0.25) is 0 Å². The van der Waals surface area contributed by atoms with Gasteiger partial charge >= 0.3 is 5.97 Å². The lowest BCUT2D eigenvalue weighted by molar-refractivity contribution is -0.146. The van der Waals surface area contributed by atoms with E-state index in [1.807, 2.05) is 19.1 Å². The van der Waals surface area contributed by atoms with Crippen LogP contribution in [0.2, 0.25) is 0 Å². The highest BCUT2D eigenvalue weighted by Crippen LogP contribution is 2.08. The highest BCUT2D eigenvalue weighted by Gasteiger charge is 2.11. The summed E-state index contributed by atoms with van der Waals surface area (Å²) in [5, 5.41) is 4.91. The van der Waals surface area contributed by atoms with Crippen molar-refractivity contribution in [1.82, 2.24) is 5.32 Å². The third-order valence-corrected chi connectivity index (χ3v) is 3.20. The van der Waals surface area contributed by atoms with Gasteiger partial charge in [0.15, 0.2) is 6.61 Å². The number of amides is 2. The fourth-order valence-electron chi connectivity index (χ4n) is 1.89. The van der Waals surface area contributed by atoms with E-state index in [-0.39, 0.29) is 5.56 Å². The van der Waals surface area contributed by atoms with Gasteiger partial charge in [-0.05, 0) is 43.3 Å². The minimum Gasteiger partial charge on any atom is -0.454 e. The zero-order valence-corrected chi connectivity index (χ0v) is 13.5. The van der Waals surface area contributed by atoms with E-state index in [9.17, 15) is 18.8 Å². The lowest BCUT2D eigenvalue weighted by Crippen LogP contribution is -2.32. The van der Waals surface area contributed by atoms with Crippen LogP contribution in [-0.4, -0.2) is 30.9 Å². The van der Waals surface area contributed by atoms with Crippen LogP contribution in [0.1, 0.15) is 15.9 Å². The first-order valence-corrected chi connectivity index (χ1v) is 7.50. The summed E-state index contributed by atoms with van der Waals surface area (Å²) in [5.41, 5.74) is 1.86. The predicted molar refractivity (Wildman–Crippen MR) is 89.5 cm³/mol. The Balaban J connectivity index is 1.71. The van der Waals surface area contributed by atoms with Gasteiger partial charge in [-0.3, -0.25) is 14.4 Å². The summed E-state index contributed by atoms with van der Waals surface area (Å²) in [6.45, 7) is 1.07. The predicted octanol–water partition coefficient (Wildman–Crippen LogP) is 2.05. The molecule has 0 saturated carbocycles. The summed E-state index contributed by atoms with van der Waals surface area (Å²) in [5.74, 6) is -2.24. The number of esters is 1. The zero-order valence-electron chi connectivity index (χ0n) is 13.5. The maximum absolute atomic E-state index is 12.8. The number of benzene rings is 2. The molecule has 2 aromatic rings. The van der Waals surface area contributed by atoms with E-state index in [0.29, 0.717) is 5.69 Å². The summed E-state index contributed by atoms with van der Waals surface area (Å²) in [6, 6.07) is 12.0. The van der Waals surface area contributed by atoms with E-state index in [0.717, 1.165) is 17.7 Å². The molecule has 0 saturated heterocycles. The van der Waals surface area contributed by atoms with Crippen LogP contribution in [0.15, 0.2) is 48.5 Å². The van der Waals surface area contributed by atoms with Crippen LogP contribution < -0.4 is 10.6 Å². The molecule has 0 unspecified atom stereocenters. The number of carbonyl (C=O) groups is 3. The third kappa shape index (κ3) is 6.06. The Morgan fingerprint density at radius 3 is 2.28 bits per heavy atom. The lowest BCUT2D eigenvalue weighted by atomic mass is 10.2. The molecule has 7 heteroatoms. The second-order valence-corrected chi connectivity index (χ2v) is 5.26. The Labute approximate surface area is 144 Å². The number of hydrogen-bond donors (Lipinski definition) is 2. The molecule has 0 fully saturated rings. The SMILES string of the molecule is Cc1ccc(NC(=O)COC(=O)CNC(=O)c2ccc(F)cc2)cc1. The number of halogens is 1. The molecule has 25 heavy (non-hydrogen) atoms. The van der Waals surface area contributed by atoms with Crippen LogP contribution in [0.4, 0.5) is 10.1 Å². The Hall–Kier alpha value is -3.22. The maximum Gasteiger partial charge on any atom is 0.325 e. The first kappa shape index (κ1) is 18.1. The van der Waals surface area contributed by atoms with Gasteiger partial charge in [0, 0.05) is 11.3 Å². The van der Waals surface area contributed by atoms with Crippen LogP contribution in [0, 0.1) is 12.7 Å². The summed E-state index contributed by atoms with van der Waals surface area (Å²) in [7, 11) is 0. The molecule has 0 aliphatic rings. The molecule has 0 spiro atoms. The van der Waals surface area contributed by atoms with Crippen LogP contribution in [-0.2, 0) is 14.3 Å². The average molecular weight is 344 g/mol. The van der Waals surface area contributed by atoms with Crippen molar-refractivity contribution in [2.45, 2.75) is 6.92 Å². The average Bonchev–Trinajstić information content (AvgIpc) is 2.60. The Bertz CT molecular complexity index is 758. The summed E-state index contributed by atoms with van der Waals surface area (Å²) >= 11 is 0. The first-order valence-electron chi connectivity index (χ1n) is 7.50. The molecule has 130 valence electrons. The van der Waals surface area contributed by atoms with Crippen molar-refractivity contribution >= 4 is 23.5 Å². The second-order valence-electron chi connectivity index (χ2n) is 5.26.